The van der Waals surface area contributed by atoms with Gasteiger partial charge in [0.15, 0.2) is 0 Å². The molecule has 0 saturated carbocycles. The highest BCUT2D eigenvalue weighted by molar-refractivity contribution is 6.07. The molecule has 1 aliphatic heterocycles. The molecule has 1 N–H and O–H groups in total. The molecule has 8 heteroatoms. The highest BCUT2D eigenvalue weighted by Crippen LogP contribution is 2.42. The van der Waals surface area contributed by atoms with E-state index in [4.69, 9.17) is 14.2 Å². The maximum atomic E-state index is 15.5. The third-order valence-corrected chi connectivity index (χ3v) is 7.73. The Kier molecular flexibility index (Phi) is 6.04. The lowest BCUT2D eigenvalue weighted by Crippen LogP contribution is -2.28. The molecule has 196 valence electrons. The molecule has 6 rings (SSSR count). The lowest BCUT2D eigenvalue weighted by Gasteiger charge is -2.32. The van der Waals surface area contributed by atoms with Crippen LogP contribution in [0.4, 0.5) is 4.39 Å². The number of aliphatic hydroxyl groups is 1. The number of halogens is 1. The molecule has 0 amide bonds. The lowest BCUT2D eigenvalue weighted by atomic mass is 9.88. The van der Waals surface area contributed by atoms with E-state index in [9.17, 15) is 5.11 Å². The van der Waals surface area contributed by atoms with Gasteiger partial charge in [-0.1, -0.05) is 17.3 Å². The molecule has 5 heterocycles. The molecule has 1 aromatic carbocycles. The van der Waals surface area contributed by atoms with Crippen LogP contribution in [0, 0.1) is 25.6 Å². The number of ether oxygens (including phenoxy) is 1. The van der Waals surface area contributed by atoms with Crippen molar-refractivity contribution in [1.29, 1.82) is 0 Å². The molecule has 1 aliphatic rings. The maximum Gasteiger partial charge on any atom is 0.146 e. The van der Waals surface area contributed by atoms with E-state index in [0.717, 1.165) is 57.2 Å². The van der Waals surface area contributed by atoms with Gasteiger partial charge < -0.3 is 18.9 Å². The normalized spacial score (nSPS) is 15.9. The largest absolute Gasteiger partial charge is 0.386 e. The van der Waals surface area contributed by atoms with Crippen molar-refractivity contribution in [2.24, 2.45) is 5.92 Å². The standard InChI is InChI=1S/C30H31FN4O3/c1-17-26(18(2)38-34-17)20-14-25-27(33-16-20)22-8-7-21(30(3,4)36)15-24(22)35(25)29(19-9-12-37-13-10-19)28-23(31)6-5-11-32-28/h5-8,11,14-16,19,29,36H,9-10,12-13H2,1-4H3. The van der Waals surface area contributed by atoms with Crippen LogP contribution in [0.5, 0.6) is 0 Å². The van der Waals surface area contributed by atoms with Gasteiger partial charge in [0, 0.05) is 42.1 Å². The maximum absolute atomic E-state index is 15.5. The second-order valence-electron chi connectivity index (χ2n) is 10.7. The fourth-order valence-corrected chi connectivity index (χ4v) is 5.82. The van der Waals surface area contributed by atoms with Crippen LogP contribution >= 0.6 is 0 Å². The summed E-state index contributed by atoms with van der Waals surface area (Å²) in [4.78, 5) is 9.48. The van der Waals surface area contributed by atoms with E-state index < -0.39 is 5.60 Å². The average molecular weight is 515 g/mol. The Labute approximate surface area is 220 Å². The van der Waals surface area contributed by atoms with E-state index in [1.807, 2.05) is 38.2 Å². The van der Waals surface area contributed by atoms with Crippen LogP contribution < -0.4 is 0 Å². The summed E-state index contributed by atoms with van der Waals surface area (Å²) in [5.41, 5.74) is 5.25. The Bertz CT molecular complexity index is 1620. The molecule has 1 unspecified atom stereocenters. The predicted octanol–water partition coefficient (Wildman–Crippen LogP) is 6.24. The Hall–Kier alpha value is -3.62. The number of hydrogen-bond acceptors (Lipinski definition) is 6. The minimum atomic E-state index is -1.05. The molecular weight excluding hydrogens is 483 g/mol. The molecule has 5 aromatic rings. The predicted molar refractivity (Wildman–Crippen MR) is 143 cm³/mol. The number of hydrogen-bond donors (Lipinski definition) is 1. The fourth-order valence-electron chi connectivity index (χ4n) is 5.82. The SMILES string of the molecule is Cc1noc(C)c1-c1cnc2c3ccc(C(C)(C)O)cc3n(C(c3ncccc3F)C3CCOCC3)c2c1. The molecule has 38 heavy (non-hydrogen) atoms. The first-order valence-corrected chi connectivity index (χ1v) is 13.0. The summed E-state index contributed by atoms with van der Waals surface area (Å²) in [5, 5.41) is 15.9. The van der Waals surface area contributed by atoms with Gasteiger partial charge in [-0.2, -0.15) is 0 Å². The van der Waals surface area contributed by atoms with Crippen molar-refractivity contribution in [3.8, 4) is 11.1 Å². The van der Waals surface area contributed by atoms with Gasteiger partial charge in [-0.3, -0.25) is 9.97 Å². The summed E-state index contributed by atoms with van der Waals surface area (Å²) in [6.07, 6.45) is 5.05. The van der Waals surface area contributed by atoms with Crippen LogP contribution in [-0.4, -0.2) is 38.0 Å². The van der Waals surface area contributed by atoms with Crippen molar-refractivity contribution in [2.45, 2.75) is 52.2 Å². The first-order chi connectivity index (χ1) is 18.2. The van der Waals surface area contributed by atoms with Crippen molar-refractivity contribution in [2.75, 3.05) is 13.2 Å². The molecular formula is C30H31FN4O3. The topological polar surface area (TPSA) is 86.2 Å². The van der Waals surface area contributed by atoms with E-state index in [2.05, 4.69) is 20.8 Å². The zero-order valence-electron chi connectivity index (χ0n) is 22.0. The molecule has 1 fully saturated rings. The van der Waals surface area contributed by atoms with Gasteiger partial charge in [-0.15, -0.1) is 0 Å². The van der Waals surface area contributed by atoms with Gasteiger partial charge in [0.2, 0.25) is 0 Å². The van der Waals surface area contributed by atoms with Gasteiger partial charge in [-0.25, -0.2) is 4.39 Å². The fraction of sp³-hybridized carbons (Fsp3) is 0.367. The van der Waals surface area contributed by atoms with Crippen molar-refractivity contribution < 1.29 is 18.8 Å². The van der Waals surface area contributed by atoms with Crippen LogP contribution in [0.25, 0.3) is 33.1 Å². The first kappa shape index (κ1) is 24.7. The van der Waals surface area contributed by atoms with E-state index in [0.29, 0.717) is 24.7 Å². The van der Waals surface area contributed by atoms with Crippen molar-refractivity contribution in [1.82, 2.24) is 19.7 Å². The zero-order chi connectivity index (χ0) is 26.6. The summed E-state index contributed by atoms with van der Waals surface area (Å²) in [5.74, 6) is 0.473. The summed E-state index contributed by atoms with van der Waals surface area (Å²) < 4.78 is 28.8. The Morgan fingerprint density at radius 3 is 2.55 bits per heavy atom. The van der Waals surface area contributed by atoms with Gasteiger partial charge in [-0.05, 0) is 76.3 Å². The van der Waals surface area contributed by atoms with E-state index >= 15 is 4.39 Å². The number of nitrogens with zero attached hydrogens (tertiary/aromatic N) is 4. The molecule has 0 bridgehead atoms. The zero-order valence-corrected chi connectivity index (χ0v) is 22.0. The number of rotatable bonds is 5. The van der Waals surface area contributed by atoms with Crippen LogP contribution in [0.2, 0.25) is 0 Å². The lowest BCUT2D eigenvalue weighted by molar-refractivity contribution is 0.0542. The summed E-state index contributed by atoms with van der Waals surface area (Å²) in [7, 11) is 0. The third kappa shape index (κ3) is 4.08. The third-order valence-electron chi connectivity index (χ3n) is 7.73. The summed E-state index contributed by atoms with van der Waals surface area (Å²) in [6.45, 7) is 8.56. The first-order valence-electron chi connectivity index (χ1n) is 13.0. The molecule has 1 saturated heterocycles. The Morgan fingerprint density at radius 2 is 1.87 bits per heavy atom. The quantitative estimate of drug-likeness (QED) is 0.299. The van der Waals surface area contributed by atoms with Crippen LogP contribution in [0.1, 0.15) is 55.4 Å². The van der Waals surface area contributed by atoms with Crippen LogP contribution in [0.3, 0.4) is 0 Å². The van der Waals surface area contributed by atoms with Gasteiger partial charge in [0.05, 0.1) is 39.6 Å². The Balaban J connectivity index is 1.71. The Morgan fingerprint density at radius 1 is 1.08 bits per heavy atom. The van der Waals surface area contributed by atoms with Crippen molar-refractivity contribution in [3.63, 3.8) is 0 Å². The number of aromatic nitrogens is 4. The molecule has 7 nitrogen and oxygen atoms in total. The monoisotopic (exact) mass is 514 g/mol. The number of fused-ring (bicyclic) bond motifs is 3. The van der Waals surface area contributed by atoms with Gasteiger partial charge >= 0.3 is 0 Å². The van der Waals surface area contributed by atoms with E-state index in [-0.39, 0.29) is 17.8 Å². The highest BCUT2D eigenvalue weighted by atomic mass is 19.1. The smallest absolute Gasteiger partial charge is 0.146 e. The molecule has 0 aliphatic carbocycles. The van der Waals surface area contributed by atoms with Crippen LogP contribution in [-0.2, 0) is 10.3 Å². The van der Waals surface area contributed by atoms with E-state index in [1.54, 1.807) is 26.1 Å². The second-order valence-corrected chi connectivity index (χ2v) is 10.7. The average Bonchev–Trinajstić information content (AvgIpc) is 3.41. The summed E-state index contributed by atoms with van der Waals surface area (Å²) >= 11 is 0. The molecule has 0 radical (unpaired) electrons. The van der Waals surface area contributed by atoms with Gasteiger partial charge in [0.1, 0.15) is 11.6 Å². The number of benzene rings is 1. The summed E-state index contributed by atoms with van der Waals surface area (Å²) in [6, 6.07) is 10.7. The molecule has 1 atom stereocenters. The number of aryl methyl sites for hydroxylation is 2. The van der Waals surface area contributed by atoms with Crippen molar-refractivity contribution in [3.05, 3.63) is 77.3 Å². The van der Waals surface area contributed by atoms with E-state index in [1.165, 1.54) is 6.07 Å². The minimum absolute atomic E-state index is 0.0977. The molecule has 0 spiro atoms. The van der Waals surface area contributed by atoms with Crippen molar-refractivity contribution >= 4 is 21.9 Å². The number of pyridine rings is 2. The van der Waals surface area contributed by atoms with Gasteiger partial charge in [0.25, 0.3) is 0 Å². The highest BCUT2D eigenvalue weighted by Gasteiger charge is 2.33. The van der Waals surface area contributed by atoms with Crippen LogP contribution in [0.15, 0.2) is 53.3 Å². The molecule has 4 aromatic heterocycles. The second kappa shape index (κ2) is 9.29. The minimum Gasteiger partial charge on any atom is -0.386 e.